The predicted octanol–water partition coefficient (Wildman–Crippen LogP) is 4.97. The molecule has 3 aliphatic rings. The molecule has 45 heavy (non-hydrogen) atoms. The van der Waals surface area contributed by atoms with E-state index in [0.717, 1.165) is 49.0 Å². The molecule has 0 radical (unpaired) electrons. The van der Waals surface area contributed by atoms with Crippen LogP contribution in [0.15, 0.2) is 36.4 Å². The van der Waals surface area contributed by atoms with Crippen LogP contribution in [0.25, 0.3) is 0 Å². The zero-order valence-corrected chi connectivity index (χ0v) is 27.4. The Morgan fingerprint density at radius 2 is 1.89 bits per heavy atom. The lowest BCUT2D eigenvalue weighted by Gasteiger charge is -2.35. The number of anilines is 1. The van der Waals surface area contributed by atoms with Gasteiger partial charge in [-0.15, -0.1) is 0 Å². The molecule has 3 atom stereocenters. The van der Waals surface area contributed by atoms with Gasteiger partial charge in [-0.05, 0) is 73.6 Å². The van der Waals surface area contributed by atoms with Crippen LogP contribution in [0.4, 0.5) is 10.1 Å². The van der Waals surface area contributed by atoms with Crippen molar-refractivity contribution < 1.29 is 32.2 Å². The summed E-state index contributed by atoms with van der Waals surface area (Å²) in [6, 6.07) is 9.96. The van der Waals surface area contributed by atoms with Crippen molar-refractivity contribution in [3.8, 4) is 5.75 Å². The summed E-state index contributed by atoms with van der Waals surface area (Å²) in [6.07, 6.45) is 4.92. The summed E-state index contributed by atoms with van der Waals surface area (Å²) in [7, 11) is -3.36. The normalized spacial score (nSPS) is 22.9. The van der Waals surface area contributed by atoms with Crippen LogP contribution in [-0.2, 0) is 26.0 Å². The Kier molecular flexibility index (Phi) is 10.5. The molecule has 2 aromatic rings. The van der Waals surface area contributed by atoms with Crippen molar-refractivity contribution in [3.63, 3.8) is 0 Å². The highest BCUT2D eigenvalue weighted by atomic mass is 32.2. The van der Waals surface area contributed by atoms with Crippen molar-refractivity contribution in [2.45, 2.75) is 83.7 Å². The van der Waals surface area contributed by atoms with E-state index in [9.17, 15) is 27.5 Å². The van der Waals surface area contributed by atoms with E-state index in [1.165, 1.54) is 10.4 Å². The first-order chi connectivity index (χ1) is 21.5. The minimum absolute atomic E-state index is 0.0217. The molecule has 9 nitrogen and oxygen atoms in total. The maximum atomic E-state index is 14.4. The van der Waals surface area contributed by atoms with Crippen LogP contribution < -0.4 is 9.64 Å². The standard InChI is InChI=1S/C34H46FN3O6S/c1-4-7-26(8-5-2)38(27-10-11-29(35)23(3)19-27)32(39)22-36-21-28(24-9-12-31-25(20-24)14-17-44-31)33(34(40)41)30(36)13-16-37-15-6-18-45(37,42)43/h9-12,19-20,26,28,30,33H,4-8,13-18,21-22H2,1-3H3,(H,40,41). The average molecular weight is 644 g/mol. The maximum absolute atomic E-state index is 14.4. The number of carboxylic acids is 1. The van der Waals surface area contributed by atoms with Gasteiger partial charge in [0, 0.05) is 49.7 Å². The topological polar surface area (TPSA) is 107 Å². The van der Waals surface area contributed by atoms with E-state index < -0.39 is 28.0 Å². The van der Waals surface area contributed by atoms with E-state index in [-0.39, 0.29) is 42.5 Å². The molecule has 5 rings (SSSR count). The summed E-state index contributed by atoms with van der Waals surface area (Å²) in [6.45, 7) is 7.39. The smallest absolute Gasteiger partial charge is 0.308 e. The van der Waals surface area contributed by atoms with Crippen LogP contribution in [0, 0.1) is 18.7 Å². The van der Waals surface area contributed by atoms with E-state index in [4.69, 9.17) is 4.74 Å². The summed E-state index contributed by atoms with van der Waals surface area (Å²) in [4.78, 5) is 31.1. The van der Waals surface area contributed by atoms with Gasteiger partial charge in [0.2, 0.25) is 15.9 Å². The molecule has 3 aliphatic heterocycles. The molecule has 11 heteroatoms. The number of nitrogens with zero attached hydrogens (tertiary/aromatic N) is 3. The zero-order valence-electron chi connectivity index (χ0n) is 26.6. The second-order valence-electron chi connectivity index (χ2n) is 12.7. The van der Waals surface area contributed by atoms with Gasteiger partial charge in [0.05, 0.1) is 24.8 Å². The Bertz CT molecular complexity index is 1490. The van der Waals surface area contributed by atoms with Crippen LogP contribution in [0.2, 0.25) is 0 Å². The first kappa shape index (κ1) is 33.3. The van der Waals surface area contributed by atoms with Crippen LogP contribution >= 0.6 is 0 Å². The van der Waals surface area contributed by atoms with Crippen molar-refractivity contribution >= 4 is 27.6 Å². The Hall–Kier alpha value is -3.02. The van der Waals surface area contributed by atoms with Crippen molar-refractivity contribution in [3.05, 3.63) is 58.9 Å². The van der Waals surface area contributed by atoms with Crippen molar-refractivity contribution in [2.24, 2.45) is 5.92 Å². The number of benzene rings is 2. The molecule has 3 heterocycles. The number of aryl methyl sites for hydroxylation is 1. The van der Waals surface area contributed by atoms with Crippen LogP contribution in [0.3, 0.4) is 0 Å². The van der Waals surface area contributed by atoms with E-state index >= 15 is 0 Å². The van der Waals surface area contributed by atoms with Gasteiger partial charge >= 0.3 is 5.97 Å². The van der Waals surface area contributed by atoms with Crippen LogP contribution in [-0.4, -0.2) is 85.2 Å². The lowest BCUT2D eigenvalue weighted by molar-refractivity contribution is -0.143. The van der Waals surface area contributed by atoms with Crippen molar-refractivity contribution in [1.29, 1.82) is 0 Å². The molecule has 2 aromatic carbocycles. The minimum Gasteiger partial charge on any atom is -0.493 e. The average Bonchev–Trinajstić information content (AvgIpc) is 3.70. The third kappa shape index (κ3) is 7.20. The molecule has 2 fully saturated rings. The number of carbonyl (C=O) groups is 2. The first-order valence-electron chi connectivity index (χ1n) is 16.3. The highest BCUT2D eigenvalue weighted by Crippen LogP contribution is 2.41. The number of likely N-dealkylation sites (tertiary alicyclic amines) is 1. The van der Waals surface area contributed by atoms with Gasteiger partial charge in [-0.25, -0.2) is 17.1 Å². The molecule has 0 aromatic heterocycles. The summed E-state index contributed by atoms with van der Waals surface area (Å²) >= 11 is 0. The summed E-state index contributed by atoms with van der Waals surface area (Å²) in [5.41, 5.74) is 3.02. The second kappa shape index (κ2) is 14.2. The molecule has 246 valence electrons. The third-order valence-corrected chi connectivity index (χ3v) is 11.6. The first-order valence-corrected chi connectivity index (χ1v) is 17.9. The van der Waals surface area contributed by atoms with Gasteiger partial charge in [0.25, 0.3) is 0 Å². The minimum atomic E-state index is -3.36. The molecule has 0 aliphatic carbocycles. The lowest BCUT2D eigenvalue weighted by Crippen LogP contribution is -2.48. The Morgan fingerprint density at radius 3 is 2.53 bits per heavy atom. The molecule has 0 saturated carbocycles. The highest BCUT2D eigenvalue weighted by molar-refractivity contribution is 7.89. The molecular formula is C34H46FN3O6S. The monoisotopic (exact) mass is 643 g/mol. The number of aliphatic carboxylic acids is 1. The fraction of sp³-hybridized carbons (Fsp3) is 0.588. The molecular weight excluding hydrogens is 597 g/mol. The zero-order chi connectivity index (χ0) is 32.3. The number of sulfonamides is 1. The Labute approximate surface area is 266 Å². The number of halogens is 1. The lowest BCUT2D eigenvalue weighted by atomic mass is 9.83. The van der Waals surface area contributed by atoms with Gasteiger partial charge in [0.1, 0.15) is 11.6 Å². The molecule has 1 N–H and O–H groups in total. The van der Waals surface area contributed by atoms with E-state index in [1.807, 2.05) is 23.1 Å². The molecule has 3 unspecified atom stereocenters. The summed E-state index contributed by atoms with van der Waals surface area (Å²) in [5.74, 6) is -1.76. The summed E-state index contributed by atoms with van der Waals surface area (Å²) < 4.78 is 46.7. The Balaban J connectivity index is 1.49. The number of hydrogen-bond acceptors (Lipinski definition) is 6. The fourth-order valence-corrected chi connectivity index (χ4v) is 9.05. The predicted molar refractivity (Wildman–Crippen MR) is 172 cm³/mol. The van der Waals surface area contributed by atoms with E-state index in [0.29, 0.717) is 43.8 Å². The Morgan fingerprint density at radius 1 is 1.13 bits per heavy atom. The molecule has 2 saturated heterocycles. The third-order valence-electron chi connectivity index (χ3n) is 9.69. The van der Waals surface area contributed by atoms with Crippen molar-refractivity contribution in [1.82, 2.24) is 9.21 Å². The maximum Gasteiger partial charge on any atom is 0.308 e. The molecule has 0 bridgehead atoms. The van der Waals surface area contributed by atoms with Gasteiger partial charge in [0.15, 0.2) is 0 Å². The summed E-state index contributed by atoms with van der Waals surface area (Å²) in [5, 5.41) is 10.6. The van der Waals surface area contributed by atoms with Crippen LogP contribution in [0.1, 0.15) is 75.0 Å². The number of amides is 1. The van der Waals surface area contributed by atoms with E-state index in [2.05, 4.69) is 13.8 Å². The van der Waals surface area contributed by atoms with E-state index in [1.54, 1.807) is 24.0 Å². The fourth-order valence-electron chi connectivity index (χ4n) is 7.50. The molecule has 0 spiro atoms. The molecule has 1 amide bonds. The second-order valence-corrected chi connectivity index (χ2v) is 14.8. The van der Waals surface area contributed by atoms with Gasteiger partial charge in [-0.3, -0.25) is 14.5 Å². The van der Waals surface area contributed by atoms with Gasteiger partial charge < -0.3 is 14.7 Å². The quantitative estimate of drug-likeness (QED) is 0.329. The SMILES string of the molecule is CCCC(CCC)N(C(=O)CN1CC(c2ccc3c(c2)CCO3)C(C(=O)O)C1CCN1CCCS1(=O)=O)c1ccc(F)c(C)c1. The number of fused-ring (bicyclic) bond motifs is 1. The van der Waals surface area contributed by atoms with Gasteiger partial charge in [-0.2, -0.15) is 0 Å². The number of carboxylic acid groups (broad SMARTS) is 1. The van der Waals surface area contributed by atoms with Gasteiger partial charge in [-0.1, -0.05) is 38.8 Å². The van der Waals surface area contributed by atoms with Crippen molar-refractivity contribution in [2.75, 3.05) is 43.4 Å². The van der Waals surface area contributed by atoms with Crippen LogP contribution in [0.5, 0.6) is 5.75 Å². The number of ether oxygens (including phenoxy) is 1. The number of rotatable bonds is 13. The number of hydrogen-bond donors (Lipinski definition) is 1. The number of carbonyl (C=O) groups excluding carboxylic acids is 1. The largest absolute Gasteiger partial charge is 0.493 e. The highest BCUT2D eigenvalue weighted by Gasteiger charge is 2.48.